The molecule has 2 N–H and O–H groups in total. The number of carbonyl (C=O) groups is 2. The number of hydrogen-bond acceptors (Lipinski definition) is 11. The van der Waals surface area contributed by atoms with Gasteiger partial charge in [-0.3, -0.25) is 24.7 Å². The van der Waals surface area contributed by atoms with Crippen LogP contribution < -0.4 is 19.7 Å². The molecule has 55 heavy (non-hydrogen) atoms. The van der Waals surface area contributed by atoms with E-state index in [0.717, 1.165) is 11.0 Å². The van der Waals surface area contributed by atoms with Crippen LogP contribution in [0.25, 0.3) is 11.1 Å². The van der Waals surface area contributed by atoms with Crippen molar-refractivity contribution >= 4 is 50.7 Å². The number of nitrogens with one attached hydrogen (secondary N) is 2. The predicted octanol–water partition coefficient (Wildman–Crippen LogP) is 6.48. The van der Waals surface area contributed by atoms with E-state index in [1.54, 1.807) is 47.0 Å². The second kappa shape index (κ2) is 17.4. The minimum Gasteiger partial charge on any atom is -0.492 e. The summed E-state index contributed by atoms with van der Waals surface area (Å²) >= 11 is 1.57. The molecular weight excluding hydrogens is 748 g/mol. The molecule has 1 aromatic heterocycles. The Morgan fingerprint density at radius 2 is 1.69 bits per heavy atom. The van der Waals surface area contributed by atoms with Crippen LogP contribution in [-0.4, -0.2) is 80.1 Å². The lowest BCUT2D eigenvalue weighted by Crippen LogP contribution is -2.49. The van der Waals surface area contributed by atoms with Crippen molar-refractivity contribution in [1.29, 1.82) is 0 Å². The molecule has 1 saturated heterocycles. The lowest BCUT2D eigenvalue weighted by atomic mass is 10.0. The fourth-order valence-corrected chi connectivity index (χ4v) is 7.83. The summed E-state index contributed by atoms with van der Waals surface area (Å²) in [6, 6.07) is 25.5. The average molecular weight is 785 g/mol. The van der Waals surface area contributed by atoms with Gasteiger partial charge in [-0.05, 0) is 61.5 Å². The number of aromatic nitrogens is 1. The summed E-state index contributed by atoms with van der Waals surface area (Å²) in [6.45, 7) is 3.79. The first kappa shape index (κ1) is 38.7. The smallest absolute Gasteiger partial charge is 0.293 e. The van der Waals surface area contributed by atoms with Gasteiger partial charge in [-0.1, -0.05) is 36.4 Å². The number of piperazine rings is 1. The summed E-state index contributed by atoms with van der Waals surface area (Å²) in [5, 5.41) is 14.9. The van der Waals surface area contributed by atoms with Gasteiger partial charge in [0.05, 0.1) is 28.2 Å². The molecule has 0 aliphatic carbocycles. The van der Waals surface area contributed by atoms with Gasteiger partial charge in [0.25, 0.3) is 27.5 Å². The molecule has 0 saturated carbocycles. The molecule has 1 fully saturated rings. The zero-order valence-electron chi connectivity index (χ0n) is 29.7. The number of rotatable bonds is 14. The molecule has 6 rings (SSSR count). The van der Waals surface area contributed by atoms with Crippen molar-refractivity contribution < 1.29 is 32.1 Å². The van der Waals surface area contributed by atoms with Gasteiger partial charge in [0.15, 0.2) is 0 Å². The topological polar surface area (TPSA) is 164 Å². The van der Waals surface area contributed by atoms with E-state index in [4.69, 9.17) is 4.74 Å². The van der Waals surface area contributed by atoms with Crippen LogP contribution in [0.15, 0.2) is 119 Å². The fourth-order valence-electron chi connectivity index (χ4n) is 6.05. The van der Waals surface area contributed by atoms with E-state index in [-0.39, 0.29) is 41.4 Å². The minimum absolute atomic E-state index is 0.0649. The number of nitro benzene ring substituents is 1. The van der Waals surface area contributed by atoms with E-state index in [0.29, 0.717) is 49.0 Å². The Kier molecular flexibility index (Phi) is 12.3. The standard InChI is InChI=1S/C39H37FN6O7S2/c1-2-53-29-22-28(25-41-26-29)32-14-12-27(23-34(32)40)39(48)45-19-17-44(18-20-45)36-11-7-6-10-33(36)38(47)43-55(51,52)31-13-15-35(37(24-31)46(49)50)42-16-21-54-30-8-4-3-5-9-30/h3-15,22-26,42H,2,16-21H2,1H3,(H,43,47). The van der Waals surface area contributed by atoms with Crippen LogP contribution in [0, 0.1) is 15.9 Å². The van der Waals surface area contributed by atoms with Crippen LogP contribution >= 0.6 is 11.8 Å². The third-order valence-electron chi connectivity index (χ3n) is 8.74. The van der Waals surface area contributed by atoms with E-state index < -0.39 is 37.3 Å². The fraction of sp³-hybridized carbons (Fsp3) is 0.205. The quantitative estimate of drug-likeness (QED) is 0.0548. The van der Waals surface area contributed by atoms with Crippen LogP contribution in [0.3, 0.4) is 0 Å². The first-order valence-corrected chi connectivity index (χ1v) is 19.8. The maximum absolute atomic E-state index is 15.2. The van der Waals surface area contributed by atoms with E-state index in [2.05, 4.69) is 15.0 Å². The molecule has 0 radical (unpaired) electrons. The van der Waals surface area contributed by atoms with Gasteiger partial charge in [-0.2, -0.15) is 0 Å². The maximum atomic E-state index is 15.2. The highest BCUT2D eigenvalue weighted by Gasteiger charge is 2.28. The molecule has 2 heterocycles. The van der Waals surface area contributed by atoms with Crippen molar-refractivity contribution in [1.82, 2.24) is 14.6 Å². The molecule has 1 aliphatic rings. The van der Waals surface area contributed by atoms with Crippen LogP contribution in [-0.2, 0) is 10.0 Å². The largest absolute Gasteiger partial charge is 0.492 e. The number of para-hydroxylation sites is 1. The number of hydrogen-bond donors (Lipinski definition) is 2. The second-order valence-electron chi connectivity index (χ2n) is 12.3. The van der Waals surface area contributed by atoms with Crippen LogP contribution in [0.2, 0.25) is 0 Å². The molecule has 1 aliphatic heterocycles. The molecule has 0 atom stereocenters. The zero-order chi connectivity index (χ0) is 39.0. The molecule has 13 nitrogen and oxygen atoms in total. The first-order valence-electron chi connectivity index (χ1n) is 17.3. The molecule has 0 bridgehead atoms. The highest BCUT2D eigenvalue weighted by Crippen LogP contribution is 2.30. The number of amides is 2. The number of anilines is 2. The van der Waals surface area contributed by atoms with Crippen LogP contribution in [0.5, 0.6) is 5.75 Å². The summed E-state index contributed by atoms with van der Waals surface area (Å²) in [5.41, 5.74) is 1.19. The molecule has 2 amide bonds. The van der Waals surface area contributed by atoms with E-state index in [1.807, 2.05) is 42.2 Å². The van der Waals surface area contributed by atoms with Gasteiger partial charge < -0.3 is 19.9 Å². The van der Waals surface area contributed by atoms with E-state index in [1.165, 1.54) is 42.7 Å². The Morgan fingerprint density at radius 1 is 0.945 bits per heavy atom. The second-order valence-corrected chi connectivity index (χ2v) is 15.1. The number of thioether (sulfide) groups is 1. The molecule has 284 valence electrons. The third-order valence-corrected chi connectivity index (χ3v) is 11.1. The molecule has 16 heteroatoms. The van der Waals surface area contributed by atoms with E-state index >= 15 is 4.39 Å². The number of carbonyl (C=O) groups excluding carboxylic acids is 2. The normalized spacial score (nSPS) is 12.9. The molecule has 0 unspecified atom stereocenters. The zero-order valence-corrected chi connectivity index (χ0v) is 31.3. The van der Waals surface area contributed by atoms with Crippen molar-refractivity contribution in [3.63, 3.8) is 0 Å². The highest BCUT2D eigenvalue weighted by atomic mass is 32.2. The summed E-state index contributed by atoms with van der Waals surface area (Å²) in [7, 11) is -4.52. The van der Waals surface area contributed by atoms with Gasteiger partial charge in [-0.25, -0.2) is 17.5 Å². The Bertz CT molecular complexity index is 2310. The SMILES string of the molecule is CCOc1cncc(-c2ccc(C(=O)N3CCN(c4ccccc4C(=O)NS(=O)(=O)c4ccc(NCCSc5ccccc5)c([N+](=O)[O-])c4)CC3)cc2F)c1. The summed E-state index contributed by atoms with van der Waals surface area (Å²) in [5.74, 6) is -0.738. The number of nitro groups is 1. The monoisotopic (exact) mass is 784 g/mol. The van der Waals surface area contributed by atoms with Gasteiger partial charge in [-0.15, -0.1) is 11.8 Å². The number of halogens is 1. The summed E-state index contributed by atoms with van der Waals surface area (Å²) < 4.78 is 49.5. The number of benzene rings is 4. The van der Waals surface area contributed by atoms with Gasteiger partial charge >= 0.3 is 0 Å². The Hall–Kier alpha value is -6.00. The Labute approximate surface area is 321 Å². The Balaban J connectivity index is 1.08. The lowest BCUT2D eigenvalue weighted by molar-refractivity contribution is -0.384. The van der Waals surface area contributed by atoms with Crippen molar-refractivity contribution in [2.75, 3.05) is 55.3 Å². The maximum Gasteiger partial charge on any atom is 0.293 e. The summed E-state index contributed by atoms with van der Waals surface area (Å²) in [4.78, 5) is 46.2. The lowest BCUT2D eigenvalue weighted by Gasteiger charge is -2.37. The van der Waals surface area contributed by atoms with E-state index in [9.17, 15) is 28.1 Å². The van der Waals surface area contributed by atoms with Crippen molar-refractivity contribution in [2.45, 2.75) is 16.7 Å². The molecule has 4 aromatic carbocycles. The highest BCUT2D eigenvalue weighted by molar-refractivity contribution is 7.99. The minimum atomic E-state index is -4.52. The molecule has 0 spiro atoms. The van der Waals surface area contributed by atoms with Crippen molar-refractivity contribution in [3.05, 3.63) is 137 Å². The number of sulfonamides is 1. The van der Waals surface area contributed by atoms with Gasteiger partial charge in [0, 0.05) is 78.0 Å². The van der Waals surface area contributed by atoms with Gasteiger partial charge in [0.1, 0.15) is 17.3 Å². The first-order chi connectivity index (χ1) is 26.5. The predicted molar refractivity (Wildman–Crippen MR) is 209 cm³/mol. The van der Waals surface area contributed by atoms with Gasteiger partial charge in [0.2, 0.25) is 0 Å². The third kappa shape index (κ3) is 9.39. The Morgan fingerprint density at radius 3 is 2.42 bits per heavy atom. The summed E-state index contributed by atoms with van der Waals surface area (Å²) in [6.07, 6.45) is 3.06. The molecular formula is C39H37FN6O7S2. The van der Waals surface area contributed by atoms with Crippen molar-refractivity contribution in [3.8, 4) is 16.9 Å². The molecule has 5 aromatic rings. The number of pyridine rings is 1. The van der Waals surface area contributed by atoms with Crippen molar-refractivity contribution in [2.24, 2.45) is 0 Å². The van der Waals surface area contributed by atoms with Crippen LogP contribution in [0.1, 0.15) is 27.6 Å². The average Bonchev–Trinajstić information content (AvgIpc) is 3.19. The number of ether oxygens (including phenoxy) is 1. The number of nitrogens with zero attached hydrogens (tertiary/aromatic N) is 4. The van der Waals surface area contributed by atoms with Crippen LogP contribution in [0.4, 0.5) is 21.5 Å².